The van der Waals surface area contributed by atoms with Crippen LogP contribution in [0.4, 0.5) is 5.82 Å². The van der Waals surface area contributed by atoms with Crippen LogP contribution in [0.15, 0.2) is 12.1 Å². The van der Waals surface area contributed by atoms with Gasteiger partial charge < -0.3 is 9.31 Å². The molecule has 1 aliphatic rings. The van der Waals surface area contributed by atoms with E-state index < -0.39 is 38.4 Å². The maximum absolute atomic E-state index is 12.4. The third kappa shape index (κ3) is 3.63. The smallest absolute Gasteiger partial charge is 0.399 e. The Kier molecular flexibility index (Phi) is 4.83. The van der Waals surface area contributed by atoms with Crippen LogP contribution in [0.3, 0.4) is 0 Å². The normalized spacial score (nSPS) is 19.3. The van der Waals surface area contributed by atoms with Gasteiger partial charge in [-0.25, -0.2) is 16.8 Å². The molecular formula is C15H21BClN3O6S2. The molecule has 0 spiro atoms. The van der Waals surface area contributed by atoms with Crippen LogP contribution < -0.4 is 10.2 Å². The van der Waals surface area contributed by atoms with Gasteiger partial charge in [0.2, 0.25) is 10.0 Å². The number of hydrogen-bond acceptors (Lipinski definition) is 7. The largest absolute Gasteiger partial charge is 0.497 e. The highest BCUT2D eigenvalue weighted by atomic mass is 35.5. The first-order chi connectivity index (χ1) is 12.5. The van der Waals surface area contributed by atoms with Crippen molar-refractivity contribution in [2.75, 3.05) is 17.2 Å². The van der Waals surface area contributed by atoms with Crippen LogP contribution in [0.1, 0.15) is 27.7 Å². The topological polar surface area (TPSA) is 117 Å². The molecule has 13 heteroatoms. The van der Waals surface area contributed by atoms with E-state index in [0.29, 0.717) is 5.46 Å². The van der Waals surface area contributed by atoms with Gasteiger partial charge in [-0.05, 0) is 33.8 Å². The molecule has 2 aromatic rings. The molecule has 2 heterocycles. The monoisotopic (exact) mass is 449 g/mol. The Morgan fingerprint density at radius 1 is 1.07 bits per heavy atom. The fraction of sp³-hybridized carbons (Fsp3) is 0.533. The maximum Gasteiger partial charge on any atom is 0.497 e. The highest BCUT2D eigenvalue weighted by molar-refractivity contribution is 7.92. The first kappa shape index (κ1) is 21.4. The zero-order valence-corrected chi connectivity index (χ0v) is 18.7. The number of hydrogen-bond donors (Lipinski definition) is 1. The number of anilines is 1. The number of fused-ring (bicyclic) bond motifs is 1. The first-order valence-corrected chi connectivity index (χ1v) is 12.4. The molecule has 154 valence electrons. The number of aromatic nitrogens is 2. The second kappa shape index (κ2) is 6.33. The lowest BCUT2D eigenvalue weighted by Gasteiger charge is -2.32. The fourth-order valence-corrected chi connectivity index (χ4v) is 4.35. The van der Waals surface area contributed by atoms with Gasteiger partial charge in [0.1, 0.15) is 0 Å². The fourth-order valence-electron chi connectivity index (χ4n) is 2.85. The molecule has 0 bridgehead atoms. The van der Waals surface area contributed by atoms with Crippen molar-refractivity contribution in [2.24, 2.45) is 0 Å². The standard InChI is InChI=1S/C15H21BClN3O6S2/c1-14(2)15(3,4)26-16(25-14)9-7-8-10(17)11-12(9)20(28(6,23)24)18-13(11)19-27(5,21)22/h7-8H,1-6H3,(H,18,19). The number of halogens is 1. The van der Waals surface area contributed by atoms with Gasteiger partial charge >= 0.3 is 7.12 Å². The van der Waals surface area contributed by atoms with Crippen LogP contribution in [0.25, 0.3) is 10.9 Å². The zero-order chi connectivity index (χ0) is 21.3. The first-order valence-electron chi connectivity index (χ1n) is 8.29. The molecule has 0 amide bonds. The van der Waals surface area contributed by atoms with Crippen molar-refractivity contribution >= 4 is 60.9 Å². The average Bonchev–Trinajstić information content (AvgIpc) is 2.93. The zero-order valence-electron chi connectivity index (χ0n) is 16.3. The summed E-state index contributed by atoms with van der Waals surface area (Å²) in [5.74, 6) is -0.189. The van der Waals surface area contributed by atoms with Crippen LogP contribution in [-0.2, 0) is 29.4 Å². The average molecular weight is 450 g/mol. The summed E-state index contributed by atoms with van der Waals surface area (Å²) in [5, 5.41) is 4.23. The second-order valence-electron chi connectivity index (χ2n) is 7.78. The Morgan fingerprint density at radius 3 is 2.07 bits per heavy atom. The highest BCUT2D eigenvalue weighted by Gasteiger charge is 2.52. The lowest BCUT2D eigenvalue weighted by molar-refractivity contribution is 0.00578. The van der Waals surface area contributed by atoms with E-state index in [1.54, 1.807) is 6.07 Å². The Bertz CT molecular complexity index is 1160. The lowest BCUT2D eigenvalue weighted by Crippen LogP contribution is -2.41. The van der Waals surface area contributed by atoms with E-state index in [9.17, 15) is 16.8 Å². The molecule has 1 fully saturated rings. The summed E-state index contributed by atoms with van der Waals surface area (Å²) in [7, 11) is -8.51. The van der Waals surface area contributed by atoms with E-state index in [2.05, 4.69) is 9.82 Å². The number of nitrogens with one attached hydrogen (secondary N) is 1. The Morgan fingerprint density at radius 2 is 1.61 bits per heavy atom. The van der Waals surface area contributed by atoms with E-state index in [0.717, 1.165) is 16.6 Å². The van der Waals surface area contributed by atoms with Gasteiger partial charge in [0.25, 0.3) is 10.0 Å². The number of rotatable bonds is 4. The number of nitrogens with zero attached hydrogens (tertiary/aromatic N) is 2. The molecule has 0 radical (unpaired) electrons. The van der Waals surface area contributed by atoms with Crippen molar-refractivity contribution in [3.05, 3.63) is 17.2 Å². The van der Waals surface area contributed by atoms with Gasteiger partial charge in [0, 0.05) is 5.46 Å². The number of benzene rings is 1. The molecule has 1 aromatic heterocycles. The van der Waals surface area contributed by atoms with Crippen LogP contribution in [0.2, 0.25) is 5.02 Å². The second-order valence-corrected chi connectivity index (χ2v) is 11.7. The predicted octanol–water partition coefficient (Wildman–Crippen LogP) is 1.17. The molecular weight excluding hydrogens is 429 g/mol. The van der Waals surface area contributed by atoms with E-state index >= 15 is 0 Å². The van der Waals surface area contributed by atoms with Gasteiger partial charge in [-0.3, -0.25) is 4.72 Å². The molecule has 1 aliphatic heterocycles. The minimum atomic E-state index is -3.89. The van der Waals surface area contributed by atoms with E-state index in [1.807, 2.05) is 27.7 Å². The maximum atomic E-state index is 12.4. The van der Waals surface area contributed by atoms with Crippen molar-refractivity contribution in [2.45, 2.75) is 38.9 Å². The minimum Gasteiger partial charge on any atom is -0.399 e. The summed E-state index contributed by atoms with van der Waals surface area (Å²) < 4.78 is 63.2. The molecule has 0 aliphatic carbocycles. The van der Waals surface area contributed by atoms with Crippen molar-refractivity contribution in [1.82, 2.24) is 9.19 Å². The molecule has 0 atom stereocenters. The van der Waals surface area contributed by atoms with Crippen LogP contribution in [-0.4, -0.2) is 56.9 Å². The van der Waals surface area contributed by atoms with E-state index in [-0.39, 0.29) is 21.7 Å². The number of sulfonamides is 1. The Hall–Kier alpha value is -1.34. The van der Waals surface area contributed by atoms with E-state index in [1.165, 1.54) is 6.07 Å². The molecule has 28 heavy (non-hydrogen) atoms. The van der Waals surface area contributed by atoms with Crippen molar-refractivity contribution in [3.8, 4) is 0 Å². The molecule has 1 N–H and O–H groups in total. The molecule has 9 nitrogen and oxygen atoms in total. The quantitative estimate of drug-likeness (QED) is 0.696. The molecule has 0 unspecified atom stereocenters. The summed E-state index contributed by atoms with van der Waals surface area (Å²) >= 11 is 6.28. The van der Waals surface area contributed by atoms with Crippen molar-refractivity contribution < 1.29 is 26.1 Å². The molecule has 1 aromatic carbocycles. The lowest BCUT2D eigenvalue weighted by atomic mass is 9.78. The summed E-state index contributed by atoms with van der Waals surface area (Å²) in [5.41, 5.74) is -0.849. The molecule has 3 rings (SSSR count). The van der Waals surface area contributed by atoms with E-state index in [4.69, 9.17) is 20.9 Å². The van der Waals surface area contributed by atoms with Crippen LogP contribution >= 0.6 is 11.6 Å². The summed E-state index contributed by atoms with van der Waals surface area (Å²) in [6, 6.07) is 3.10. The minimum absolute atomic E-state index is 0.0969. The summed E-state index contributed by atoms with van der Waals surface area (Å²) in [6.07, 6.45) is 1.89. The molecule has 1 saturated heterocycles. The predicted molar refractivity (Wildman–Crippen MR) is 109 cm³/mol. The Balaban J connectivity index is 2.34. The Labute approximate surface area is 169 Å². The van der Waals surface area contributed by atoms with Gasteiger partial charge in [-0.2, -0.15) is 4.09 Å². The van der Waals surface area contributed by atoms with Gasteiger partial charge in [-0.1, -0.05) is 17.7 Å². The summed E-state index contributed by atoms with van der Waals surface area (Å²) in [6.45, 7) is 7.46. The third-order valence-electron chi connectivity index (χ3n) is 4.88. The third-order valence-corrected chi connectivity index (χ3v) is 6.65. The van der Waals surface area contributed by atoms with Crippen molar-refractivity contribution in [1.29, 1.82) is 0 Å². The van der Waals surface area contributed by atoms with Crippen LogP contribution in [0, 0.1) is 0 Å². The van der Waals surface area contributed by atoms with Gasteiger partial charge in [0.15, 0.2) is 5.82 Å². The van der Waals surface area contributed by atoms with Gasteiger partial charge in [0.05, 0.1) is 39.6 Å². The SMILES string of the molecule is CC1(C)OB(c2ccc(Cl)c3c(NS(C)(=O)=O)nn(S(C)(=O)=O)c23)OC1(C)C. The highest BCUT2D eigenvalue weighted by Crippen LogP contribution is 2.38. The summed E-state index contributed by atoms with van der Waals surface area (Å²) in [4.78, 5) is 0. The van der Waals surface area contributed by atoms with Crippen molar-refractivity contribution in [3.63, 3.8) is 0 Å². The van der Waals surface area contributed by atoms with Gasteiger partial charge in [-0.15, -0.1) is 5.10 Å². The molecule has 0 saturated carbocycles. The van der Waals surface area contributed by atoms with Crippen LogP contribution in [0.5, 0.6) is 0 Å².